The Hall–Kier alpha value is -1.89. The summed E-state index contributed by atoms with van der Waals surface area (Å²) in [6.45, 7) is 3.95. The quantitative estimate of drug-likeness (QED) is 0.474. The number of nitro groups is 1. The van der Waals surface area contributed by atoms with Gasteiger partial charge in [0.2, 0.25) is 5.89 Å². The topological polar surface area (TPSA) is 82.1 Å². The molecule has 6 nitrogen and oxygen atoms in total. The molecule has 2 rings (SSSR count). The van der Waals surface area contributed by atoms with Crippen molar-refractivity contribution < 1.29 is 9.34 Å². The lowest BCUT2D eigenvalue weighted by molar-refractivity contribution is -0.384. The van der Waals surface area contributed by atoms with E-state index in [2.05, 4.69) is 10.2 Å². The Labute approximate surface area is 114 Å². The first-order chi connectivity index (χ1) is 9.06. The molecule has 0 radical (unpaired) electrons. The summed E-state index contributed by atoms with van der Waals surface area (Å²) in [5.74, 6) is 1.35. The molecule has 0 N–H and O–H groups in total. The average molecular weight is 279 g/mol. The van der Waals surface area contributed by atoms with Gasteiger partial charge in [0, 0.05) is 23.8 Å². The van der Waals surface area contributed by atoms with Crippen LogP contribution in [0.3, 0.4) is 0 Å². The van der Waals surface area contributed by atoms with E-state index in [4.69, 9.17) is 4.42 Å². The van der Waals surface area contributed by atoms with Gasteiger partial charge < -0.3 is 4.42 Å². The van der Waals surface area contributed by atoms with E-state index < -0.39 is 4.92 Å². The number of thioether (sulfide) groups is 1. The molecule has 0 atom stereocenters. The largest absolute Gasteiger partial charge is 0.416 e. The Balaban J connectivity index is 2.01. The normalized spacial score (nSPS) is 10.9. The van der Waals surface area contributed by atoms with E-state index in [0.717, 1.165) is 5.56 Å². The molecule has 1 aromatic carbocycles. The summed E-state index contributed by atoms with van der Waals surface area (Å²) in [4.78, 5) is 10.3. The van der Waals surface area contributed by atoms with Gasteiger partial charge in [-0.3, -0.25) is 10.1 Å². The van der Waals surface area contributed by atoms with Crippen molar-refractivity contribution in [2.45, 2.75) is 30.7 Å². The average Bonchev–Trinajstić information content (AvgIpc) is 2.85. The number of rotatable bonds is 5. The minimum atomic E-state index is -0.405. The van der Waals surface area contributed by atoms with E-state index in [9.17, 15) is 10.1 Å². The first-order valence-electron chi connectivity index (χ1n) is 5.76. The zero-order chi connectivity index (χ0) is 13.8. The second kappa shape index (κ2) is 5.83. The summed E-state index contributed by atoms with van der Waals surface area (Å²) in [5, 5.41) is 19.0. The number of nitro benzene ring substituents is 1. The Morgan fingerprint density at radius 2 is 2.21 bits per heavy atom. The van der Waals surface area contributed by atoms with Crippen LogP contribution in [0.15, 0.2) is 33.9 Å². The van der Waals surface area contributed by atoms with Gasteiger partial charge >= 0.3 is 0 Å². The first kappa shape index (κ1) is 13.5. The SMILES string of the molecule is CC(C)c1nnc(SCc2cccc([N+](=O)[O-])c2)o1. The standard InChI is InChI=1S/C12H13N3O3S/c1-8(2)11-13-14-12(18-11)19-7-9-4-3-5-10(6-9)15(16)17/h3-6,8H,7H2,1-2H3. The summed E-state index contributed by atoms with van der Waals surface area (Å²) in [6.07, 6.45) is 0. The lowest BCUT2D eigenvalue weighted by atomic mass is 10.2. The molecule has 0 saturated heterocycles. The van der Waals surface area contributed by atoms with Crippen molar-refractivity contribution in [2.75, 3.05) is 0 Å². The number of non-ortho nitro benzene ring substituents is 1. The maximum Gasteiger partial charge on any atom is 0.276 e. The van der Waals surface area contributed by atoms with Gasteiger partial charge in [0.1, 0.15) is 0 Å². The third-order valence-corrected chi connectivity index (χ3v) is 3.29. The first-order valence-corrected chi connectivity index (χ1v) is 6.74. The van der Waals surface area contributed by atoms with Gasteiger partial charge in [-0.25, -0.2) is 0 Å². The van der Waals surface area contributed by atoms with E-state index in [-0.39, 0.29) is 11.6 Å². The van der Waals surface area contributed by atoms with E-state index >= 15 is 0 Å². The van der Waals surface area contributed by atoms with Gasteiger partial charge in [-0.2, -0.15) is 0 Å². The van der Waals surface area contributed by atoms with Crippen molar-refractivity contribution in [3.05, 3.63) is 45.8 Å². The second-order valence-electron chi connectivity index (χ2n) is 4.28. The van der Waals surface area contributed by atoms with Crippen LogP contribution in [0.25, 0.3) is 0 Å². The van der Waals surface area contributed by atoms with Crippen molar-refractivity contribution in [3.63, 3.8) is 0 Å². The Morgan fingerprint density at radius 3 is 2.84 bits per heavy atom. The van der Waals surface area contributed by atoms with Crippen LogP contribution in [0.1, 0.15) is 31.2 Å². The van der Waals surface area contributed by atoms with Crippen LogP contribution >= 0.6 is 11.8 Å². The van der Waals surface area contributed by atoms with Crippen LogP contribution in [0.2, 0.25) is 0 Å². The predicted octanol–water partition coefficient (Wildman–Crippen LogP) is 3.39. The fourth-order valence-corrected chi connectivity index (χ4v) is 2.13. The van der Waals surface area contributed by atoms with Crippen molar-refractivity contribution in [2.24, 2.45) is 0 Å². The molecule has 0 bridgehead atoms. The van der Waals surface area contributed by atoms with E-state index in [1.807, 2.05) is 19.9 Å². The highest BCUT2D eigenvalue weighted by Gasteiger charge is 2.11. The van der Waals surface area contributed by atoms with Crippen LogP contribution in [0.4, 0.5) is 5.69 Å². The molecule has 2 aromatic rings. The van der Waals surface area contributed by atoms with Crippen LogP contribution in [-0.2, 0) is 5.75 Å². The van der Waals surface area contributed by atoms with Gasteiger partial charge in [-0.05, 0) is 5.56 Å². The molecule has 0 aliphatic rings. The Bertz CT molecular complexity index is 583. The second-order valence-corrected chi connectivity index (χ2v) is 5.20. The molecule has 0 aliphatic carbocycles. The zero-order valence-corrected chi connectivity index (χ0v) is 11.4. The lowest BCUT2D eigenvalue weighted by Gasteiger charge is -1.98. The van der Waals surface area contributed by atoms with E-state index in [1.165, 1.54) is 17.8 Å². The van der Waals surface area contributed by atoms with Gasteiger partial charge in [-0.1, -0.05) is 37.7 Å². The summed E-state index contributed by atoms with van der Waals surface area (Å²) in [6, 6.07) is 6.52. The number of aromatic nitrogens is 2. The zero-order valence-electron chi connectivity index (χ0n) is 10.6. The highest BCUT2D eigenvalue weighted by atomic mass is 32.2. The molecular formula is C12H13N3O3S. The predicted molar refractivity (Wildman–Crippen MR) is 71.0 cm³/mol. The molecule has 100 valence electrons. The van der Waals surface area contributed by atoms with Crippen molar-refractivity contribution in [1.29, 1.82) is 0 Å². The molecule has 0 aliphatic heterocycles. The summed E-state index contributed by atoms with van der Waals surface area (Å²) in [5.41, 5.74) is 0.940. The Morgan fingerprint density at radius 1 is 1.42 bits per heavy atom. The molecule has 7 heteroatoms. The molecule has 0 unspecified atom stereocenters. The number of nitrogens with zero attached hydrogens (tertiary/aromatic N) is 3. The minimum absolute atomic E-state index is 0.0894. The van der Waals surface area contributed by atoms with Crippen LogP contribution < -0.4 is 0 Å². The van der Waals surface area contributed by atoms with E-state index in [1.54, 1.807) is 12.1 Å². The van der Waals surface area contributed by atoms with Gasteiger partial charge in [-0.15, -0.1) is 10.2 Å². The maximum atomic E-state index is 10.7. The third-order valence-electron chi connectivity index (χ3n) is 2.40. The van der Waals surface area contributed by atoms with Gasteiger partial charge in [0.05, 0.1) is 4.92 Å². The van der Waals surface area contributed by atoms with Crippen LogP contribution in [0.5, 0.6) is 0 Å². The molecule has 0 saturated carbocycles. The molecule has 0 spiro atoms. The number of hydrogen-bond donors (Lipinski definition) is 0. The molecule has 19 heavy (non-hydrogen) atoms. The van der Waals surface area contributed by atoms with Crippen molar-refractivity contribution in [3.8, 4) is 0 Å². The number of benzene rings is 1. The van der Waals surface area contributed by atoms with Crippen molar-refractivity contribution >= 4 is 17.4 Å². The fraction of sp³-hybridized carbons (Fsp3) is 0.333. The molecule has 1 heterocycles. The minimum Gasteiger partial charge on any atom is -0.416 e. The summed E-state index contributed by atoms with van der Waals surface area (Å²) in [7, 11) is 0. The van der Waals surface area contributed by atoms with Gasteiger partial charge in [0.25, 0.3) is 10.9 Å². The van der Waals surface area contributed by atoms with E-state index in [0.29, 0.717) is 16.9 Å². The molecular weight excluding hydrogens is 266 g/mol. The monoisotopic (exact) mass is 279 g/mol. The molecule has 0 amide bonds. The maximum absolute atomic E-state index is 10.7. The van der Waals surface area contributed by atoms with Crippen LogP contribution in [0, 0.1) is 10.1 Å². The third kappa shape index (κ3) is 3.54. The highest BCUT2D eigenvalue weighted by molar-refractivity contribution is 7.98. The summed E-state index contributed by atoms with van der Waals surface area (Å²) >= 11 is 1.37. The van der Waals surface area contributed by atoms with Crippen molar-refractivity contribution in [1.82, 2.24) is 10.2 Å². The Kier molecular flexibility index (Phi) is 4.16. The van der Waals surface area contributed by atoms with Gasteiger partial charge in [0.15, 0.2) is 0 Å². The smallest absolute Gasteiger partial charge is 0.276 e. The highest BCUT2D eigenvalue weighted by Crippen LogP contribution is 2.25. The fourth-order valence-electron chi connectivity index (χ4n) is 1.42. The molecule has 1 aromatic heterocycles. The summed E-state index contributed by atoms with van der Waals surface area (Å²) < 4.78 is 5.45. The van der Waals surface area contributed by atoms with Crippen LogP contribution in [-0.4, -0.2) is 15.1 Å². The number of hydrogen-bond acceptors (Lipinski definition) is 6. The molecule has 0 fully saturated rings. The lowest BCUT2D eigenvalue weighted by Crippen LogP contribution is -1.89.